The third kappa shape index (κ3) is 4.95. The number of amides is 1. The fourth-order valence-corrected chi connectivity index (χ4v) is 5.78. The zero-order valence-electron chi connectivity index (χ0n) is 22.3. The number of benzene rings is 2. The number of rotatable bonds is 6. The normalized spacial score (nSPS) is 14.2. The highest BCUT2D eigenvalue weighted by Gasteiger charge is 2.24. The van der Waals surface area contributed by atoms with Crippen LogP contribution in [0, 0.1) is 6.92 Å². The summed E-state index contributed by atoms with van der Waals surface area (Å²) in [6, 6.07) is 16.8. The maximum atomic E-state index is 13.3. The number of hydrogen-bond acceptors (Lipinski definition) is 8. The first-order chi connectivity index (χ1) is 19.3. The van der Waals surface area contributed by atoms with E-state index in [-0.39, 0.29) is 17.3 Å². The molecule has 0 spiro atoms. The largest absolute Gasteiger partial charge is 0.367 e. The first kappa shape index (κ1) is 25.8. The monoisotopic (exact) mass is 555 g/mol. The van der Waals surface area contributed by atoms with Crippen molar-refractivity contribution in [1.29, 1.82) is 0 Å². The predicted octanol–water partition coefficient (Wildman–Crippen LogP) is 3.42. The minimum atomic E-state index is -3.31. The van der Waals surface area contributed by atoms with E-state index in [1.54, 1.807) is 42.9 Å². The van der Waals surface area contributed by atoms with Crippen molar-refractivity contribution >= 4 is 43.8 Å². The van der Waals surface area contributed by atoms with E-state index < -0.39 is 9.84 Å². The van der Waals surface area contributed by atoms with Crippen molar-refractivity contribution in [1.82, 2.24) is 24.3 Å². The molecule has 0 radical (unpaired) electrons. The molecular weight excluding hydrogens is 526 g/mol. The maximum Gasteiger partial charge on any atom is 0.242 e. The fraction of sp³-hybridized carbons (Fsp3) is 0.241. The zero-order valence-corrected chi connectivity index (χ0v) is 23.1. The van der Waals surface area contributed by atoms with Gasteiger partial charge >= 0.3 is 0 Å². The lowest BCUT2D eigenvalue weighted by molar-refractivity contribution is -0.129. The summed E-state index contributed by atoms with van der Waals surface area (Å²) in [6.45, 7) is 4.81. The zero-order chi connectivity index (χ0) is 27.9. The molecule has 1 saturated heterocycles. The molecule has 4 heterocycles. The van der Waals surface area contributed by atoms with E-state index in [4.69, 9.17) is 4.98 Å². The summed E-state index contributed by atoms with van der Waals surface area (Å²) in [5.74, 6) is 0.646. The number of nitrogens with zero attached hydrogens (tertiary/aromatic N) is 6. The molecule has 5 aromatic rings. The molecule has 40 heavy (non-hydrogen) atoms. The highest BCUT2D eigenvalue weighted by atomic mass is 32.2. The van der Waals surface area contributed by atoms with Crippen molar-refractivity contribution < 1.29 is 13.2 Å². The molecule has 0 saturated carbocycles. The van der Waals surface area contributed by atoms with Crippen LogP contribution >= 0.6 is 0 Å². The van der Waals surface area contributed by atoms with Crippen LogP contribution in [0.5, 0.6) is 0 Å². The summed E-state index contributed by atoms with van der Waals surface area (Å²) in [6.07, 6.45) is 6.26. The highest BCUT2D eigenvalue weighted by Crippen LogP contribution is 2.30. The topological polar surface area (TPSA) is 113 Å². The Morgan fingerprint density at radius 2 is 1.75 bits per heavy atom. The molecule has 204 valence electrons. The van der Waals surface area contributed by atoms with E-state index >= 15 is 0 Å². The summed E-state index contributed by atoms with van der Waals surface area (Å²) >= 11 is 0. The van der Waals surface area contributed by atoms with Crippen LogP contribution in [-0.4, -0.2) is 77.6 Å². The summed E-state index contributed by atoms with van der Waals surface area (Å²) in [7, 11) is -3.31. The number of nitrogens with one attached hydrogen (secondary N) is 1. The van der Waals surface area contributed by atoms with Crippen LogP contribution in [0.2, 0.25) is 0 Å². The van der Waals surface area contributed by atoms with Crippen LogP contribution in [0.4, 0.5) is 11.5 Å². The van der Waals surface area contributed by atoms with Crippen LogP contribution in [0.15, 0.2) is 78.1 Å². The average Bonchev–Trinajstić information content (AvgIpc) is 3.33. The standard InChI is InChI=1S/C29H29N7O3S/c1-20-17-25(23-5-3-4-6-24(23)32-20)34-13-15-35(16-14-34)27(37)19-31-29-28(33-26-18-30-11-12-36(26)29)21-7-9-22(10-8-21)40(2,38)39/h3-12,17-18,31H,13-16,19H2,1-2H3. The number of carbonyl (C=O) groups excluding carboxylic acids is 1. The van der Waals surface area contributed by atoms with Crippen molar-refractivity contribution in [2.45, 2.75) is 11.8 Å². The quantitative estimate of drug-likeness (QED) is 0.339. The smallest absolute Gasteiger partial charge is 0.242 e. The fourth-order valence-electron chi connectivity index (χ4n) is 5.15. The molecule has 2 aromatic carbocycles. The summed E-state index contributed by atoms with van der Waals surface area (Å²) in [5, 5.41) is 4.41. The maximum absolute atomic E-state index is 13.3. The van der Waals surface area contributed by atoms with Crippen molar-refractivity contribution in [3.8, 4) is 11.3 Å². The van der Waals surface area contributed by atoms with Crippen LogP contribution in [0.1, 0.15) is 5.69 Å². The molecule has 3 aromatic heterocycles. The van der Waals surface area contributed by atoms with Gasteiger partial charge in [0, 0.05) is 67.2 Å². The number of aryl methyl sites for hydroxylation is 1. The van der Waals surface area contributed by atoms with Crippen LogP contribution in [0.3, 0.4) is 0 Å². The van der Waals surface area contributed by atoms with Crippen LogP contribution < -0.4 is 10.2 Å². The lowest BCUT2D eigenvalue weighted by Crippen LogP contribution is -2.50. The van der Waals surface area contributed by atoms with Gasteiger partial charge in [-0.3, -0.25) is 19.2 Å². The molecule has 1 N–H and O–H groups in total. The molecule has 1 aliphatic heterocycles. The van der Waals surface area contributed by atoms with Crippen molar-refractivity contribution in [3.05, 3.63) is 78.9 Å². The van der Waals surface area contributed by atoms with Gasteiger partial charge in [0.1, 0.15) is 11.5 Å². The number of sulfone groups is 1. The minimum Gasteiger partial charge on any atom is -0.367 e. The second-order valence-corrected chi connectivity index (χ2v) is 11.9. The van der Waals surface area contributed by atoms with Gasteiger partial charge in [-0.15, -0.1) is 0 Å². The van der Waals surface area contributed by atoms with Gasteiger partial charge in [-0.05, 0) is 31.2 Å². The van der Waals surface area contributed by atoms with Crippen molar-refractivity contribution in [2.24, 2.45) is 0 Å². The Balaban J connectivity index is 1.18. The second kappa shape index (κ2) is 10.2. The van der Waals surface area contributed by atoms with Gasteiger partial charge in [0.25, 0.3) is 0 Å². The van der Waals surface area contributed by atoms with Gasteiger partial charge < -0.3 is 15.1 Å². The minimum absolute atomic E-state index is 0.00204. The van der Waals surface area contributed by atoms with E-state index in [0.717, 1.165) is 40.9 Å². The van der Waals surface area contributed by atoms with E-state index in [2.05, 4.69) is 32.3 Å². The molecule has 0 atom stereocenters. The number of fused-ring (bicyclic) bond motifs is 2. The summed E-state index contributed by atoms with van der Waals surface area (Å²) in [5.41, 5.74) is 5.07. The number of para-hydroxylation sites is 1. The van der Waals surface area contributed by atoms with Gasteiger partial charge in [0.15, 0.2) is 15.5 Å². The average molecular weight is 556 g/mol. The third-order valence-corrected chi connectivity index (χ3v) is 8.32. The Kier molecular flexibility index (Phi) is 6.59. The molecule has 11 heteroatoms. The molecule has 0 aliphatic carbocycles. The Bertz CT molecular complexity index is 1830. The van der Waals surface area contributed by atoms with Crippen molar-refractivity contribution in [2.75, 3.05) is 49.2 Å². The first-order valence-electron chi connectivity index (χ1n) is 13.0. The Labute approximate surface area is 232 Å². The lowest BCUT2D eigenvalue weighted by Gasteiger charge is -2.36. The van der Waals surface area contributed by atoms with Crippen LogP contribution in [-0.2, 0) is 14.6 Å². The SMILES string of the molecule is Cc1cc(N2CCN(C(=O)CNc3c(-c4ccc(S(C)(=O)=O)cc4)nc4cnccn34)CC2)c2ccccc2n1. The van der Waals surface area contributed by atoms with E-state index in [1.165, 1.54) is 6.26 Å². The molecule has 6 rings (SSSR count). The molecule has 0 unspecified atom stereocenters. The number of aromatic nitrogens is 4. The third-order valence-electron chi connectivity index (χ3n) is 7.19. The van der Waals surface area contributed by atoms with Gasteiger partial charge in [0.2, 0.25) is 5.91 Å². The van der Waals surface area contributed by atoms with Crippen LogP contribution in [0.25, 0.3) is 27.8 Å². The van der Waals surface area contributed by atoms with Crippen molar-refractivity contribution in [3.63, 3.8) is 0 Å². The molecule has 0 bridgehead atoms. The molecule has 1 amide bonds. The number of hydrogen-bond donors (Lipinski definition) is 1. The first-order valence-corrected chi connectivity index (χ1v) is 14.9. The second-order valence-electron chi connectivity index (χ2n) is 9.93. The molecule has 1 aliphatic rings. The van der Waals surface area contributed by atoms with E-state index in [9.17, 15) is 13.2 Å². The summed E-state index contributed by atoms with van der Waals surface area (Å²) in [4.78, 5) is 31.2. The predicted molar refractivity (Wildman–Crippen MR) is 155 cm³/mol. The Hall–Kier alpha value is -4.51. The van der Waals surface area contributed by atoms with Gasteiger partial charge in [-0.2, -0.15) is 0 Å². The Morgan fingerprint density at radius 1 is 1.00 bits per heavy atom. The summed E-state index contributed by atoms with van der Waals surface area (Å²) < 4.78 is 25.6. The number of anilines is 2. The lowest BCUT2D eigenvalue weighted by atomic mass is 10.1. The number of pyridine rings is 1. The van der Waals surface area contributed by atoms with E-state index in [1.807, 2.05) is 34.4 Å². The number of carbonyl (C=O) groups is 1. The number of piperazine rings is 1. The Morgan fingerprint density at radius 3 is 2.50 bits per heavy atom. The molecular formula is C29H29N7O3S. The number of imidazole rings is 1. The molecule has 10 nitrogen and oxygen atoms in total. The molecule has 1 fully saturated rings. The van der Waals surface area contributed by atoms with Gasteiger partial charge in [0.05, 0.1) is 23.2 Å². The van der Waals surface area contributed by atoms with Gasteiger partial charge in [-0.25, -0.2) is 13.4 Å². The highest BCUT2D eigenvalue weighted by molar-refractivity contribution is 7.90. The van der Waals surface area contributed by atoms with E-state index in [0.29, 0.717) is 30.2 Å². The van der Waals surface area contributed by atoms with Gasteiger partial charge in [-0.1, -0.05) is 30.3 Å².